The summed E-state index contributed by atoms with van der Waals surface area (Å²) in [5.41, 5.74) is 0.0978. The molecule has 2 unspecified atom stereocenters. The highest BCUT2D eigenvalue weighted by molar-refractivity contribution is 7.99. The Morgan fingerprint density at radius 2 is 1.35 bits per heavy atom. The number of amides is 2. The molecule has 2 aromatic heterocycles. The van der Waals surface area contributed by atoms with Gasteiger partial charge in [-0.2, -0.15) is 8.78 Å². The Hall–Kier alpha value is -3.73. The molecular formula is C23H26F2N6O7S2. The van der Waals surface area contributed by atoms with Crippen LogP contribution in [-0.2, 0) is 24.0 Å². The number of carboxylic acids is 2. The lowest BCUT2D eigenvalue weighted by Gasteiger charge is -2.21. The van der Waals surface area contributed by atoms with Gasteiger partial charge in [0.1, 0.15) is 23.7 Å². The molecule has 4 N–H and O–H groups in total. The second-order valence-electron chi connectivity index (χ2n) is 8.26. The summed E-state index contributed by atoms with van der Waals surface area (Å²) in [5, 5.41) is 21.6. The van der Waals surface area contributed by atoms with E-state index in [1.54, 1.807) is 0 Å². The molecule has 0 aliphatic carbocycles. The number of halogens is 2. The van der Waals surface area contributed by atoms with E-state index < -0.39 is 64.1 Å². The van der Waals surface area contributed by atoms with Crippen molar-refractivity contribution >= 4 is 53.1 Å². The molecule has 40 heavy (non-hydrogen) atoms. The third-order valence-corrected chi connectivity index (χ3v) is 7.65. The van der Waals surface area contributed by atoms with Crippen molar-refractivity contribution in [1.82, 2.24) is 30.6 Å². The summed E-state index contributed by atoms with van der Waals surface area (Å²) in [5.74, 6) is -5.59. The number of hydrogen-bond acceptors (Lipinski definition) is 11. The minimum Gasteiger partial charge on any atom is -0.480 e. The van der Waals surface area contributed by atoms with Gasteiger partial charge in [-0.15, -0.1) is 23.5 Å². The van der Waals surface area contributed by atoms with E-state index in [9.17, 15) is 43.0 Å². The van der Waals surface area contributed by atoms with Crippen molar-refractivity contribution < 1.29 is 43.0 Å². The highest BCUT2D eigenvalue weighted by Gasteiger charge is 2.28. The van der Waals surface area contributed by atoms with Crippen LogP contribution in [0.3, 0.4) is 0 Å². The lowest BCUT2D eigenvalue weighted by atomic mass is 10.1. The summed E-state index contributed by atoms with van der Waals surface area (Å²) in [6.07, 6.45) is 0.610. The van der Waals surface area contributed by atoms with Gasteiger partial charge in [-0.05, 0) is 6.07 Å². The average Bonchev–Trinajstić information content (AvgIpc) is 2.86. The van der Waals surface area contributed by atoms with Gasteiger partial charge in [-0.3, -0.25) is 14.4 Å². The van der Waals surface area contributed by atoms with Crippen molar-refractivity contribution in [2.24, 2.45) is 0 Å². The number of thioether (sulfide) groups is 2. The van der Waals surface area contributed by atoms with Gasteiger partial charge in [0.05, 0.1) is 16.2 Å². The van der Waals surface area contributed by atoms with Gasteiger partial charge >= 0.3 is 18.0 Å². The molecule has 0 bridgehead atoms. The van der Waals surface area contributed by atoms with E-state index in [4.69, 9.17) is 0 Å². The topological polar surface area (TPSA) is 201 Å². The van der Waals surface area contributed by atoms with Gasteiger partial charge in [-0.25, -0.2) is 29.5 Å². The Morgan fingerprint density at radius 3 is 1.85 bits per heavy atom. The minimum atomic E-state index is -1.32. The van der Waals surface area contributed by atoms with Crippen LogP contribution in [0.4, 0.5) is 8.78 Å². The standard InChI is InChI=1S/C23H26F2N6O7S2/c1-11(32)28-15(21(35)36)9-39-17(14-3-5-27-23(25)30-14)7-13(34)8-18(20-26-6-4-19(24)31-20)40-10-16(22(37)38)29-12(2)33/h3-6,15-18H,7-10H2,1-2H3,(H,28,32)(H,29,33)(H,35,36)(H,37,38)/t15-,16-,17?,18?/m0/s1. The highest BCUT2D eigenvalue weighted by Crippen LogP contribution is 2.36. The summed E-state index contributed by atoms with van der Waals surface area (Å²) in [7, 11) is 0. The number of hydrogen-bond donors (Lipinski definition) is 4. The third kappa shape index (κ3) is 11.2. The van der Waals surface area contributed by atoms with E-state index in [-0.39, 0.29) is 35.9 Å². The summed E-state index contributed by atoms with van der Waals surface area (Å²) < 4.78 is 27.6. The fraction of sp³-hybridized carbons (Fsp3) is 0.435. The van der Waals surface area contributed by atoms with Gasteiger partial charge in [0, 0.05) is 56.7 Å². The fourth-order valence-electron chi connectivity index (χ4n) is 3.27. The molecule has 13 nitrogen and oxygen atoms in total. The first-order chi connectivity index (χ1) is 18.8. The monoisotopic (exact) mass is 600 g/mol. The molecule has 0 radical (unpaired) electrons. The first kappa shape index (κ1) is 32.5. The van der Waals surface area contributed by atoms with Crippen LogP contribution < -0.4 is 10.6 Å². The van der Waals surface area contributed by atoms with Crippen LogP contribution in [0.5, 0.6) is 0 Å². The largest absolute Gasteiger partial charge is 0.480 e. The first-order valence-corrected chi connectivity index (χ1v) is 13.7. The number of ketones is 1. The molecule has 0 aliphatic heterocycles. The molecular weight excluding hydrogens is 574 g/mol. The molecule has 0 saturated heterocycles. The van der Waals surface area contributed by atoms with E-state index >= 15 is 0 Å². The molecule has 0 spiro atoms. The Kier molecular flexibility index (Phi) is 12.8. The number of aliphatic carboxylic acids is 2. The zero-order valence-corrected chi connectivity index (χ0v) is 22.9. The van der Waals surface area contributed by atoms with Crippen LogP contribution in [0.15, 0.2) is 24.5 Å². The fourth-order valence-corrected chi connectivity index (χ4v) is 5.74. The summed E-state index contributed by atoms with van der Waals surface area (Å²) in [4.78, 5) is 73.8. The van der Waals surface area contributed by atoms with Gasteiger partial charge in [-0.1, -0.05) is 0 Å². The second-order valence-corrected chi connectivity index (χ2v) is 10.7. The zero-order chi connectivity index (χ0) is 29.8. The van der Waals surface area contributed by atoms with E-state index in [1.165, 1.54) is 6.07 Å². The first-order valence-electron chi connectivity index (χ1n) is 11.6. The lowest BCUT2D eigenvalue weighted by Crippen LogP contribution is -2.41. The van der Waals surface area contributed by atoms with Crippen molar-refractivity contribution in [3.05, 3.63) is 48.1 Å². The zero-order valence-electron chi connectivity index (χ0n) is 21.2. The molecule has 216 valence electrons. The minimum absolute atomic E-state index is 0.0841. The Labute approximate surface area is 235 Å². The van der Waals surface area contributed by atoms with E-state index in [0.717, 1.165) is 55.8 Å². The average molecular weight is 601 g/mol. The second kappa shape index (κ2) is 15.8. The van der Waals surface area contributed by atoms with Crippen LogP contribution >= 0.6 is 23.5 Å². The third-order valence-electron chi connectivity index (χ3n) is 5.01. The molecule has 0 fully saturated rings. The number of nitrogens with one attached hydrogen (secondary N) is 2. The number of Topliss-reactive ketones (excluding diaryl/α,β-unsaturated/α-hetero) is 1. The van der Waals surface area contributed by atoms with Gasteiger partial charge in [0.2, 0.25) is 17.8 Å². The molecule has 4 atom stereocenters. The van der Waals surface area contributed by atoms with Crippen molar-refractivity contribution in [2.45, 2.75) is 49.3 Å². The van der Waals surface area contributed by atoms with Gasteiger partial charge in [0.15, 0.2) is 0 Å². The Morgan fingerprint density at radius 1 is 0.825 bits per heavy atom. The number of aromatic nitrogens is 4. The maximum Gasteiger partial charge on any atom is 0.327 e. The van der Waals surface area contributed by atoms with Crippen molar-refractivity contribution in [3.63, 3.8) is 0 Å². The SMILES string of the molecule is CC(=O)N[C@@H](CSC(CC(=O)CC(SC[C@H](NC(C)=O)C(=O)O)c1nccc(F)n1)c1ccnc(F)n1)C(=O)O. The number of rotatable bonds is 16. The maximum atomic E-state index is 13.8. The van der Waals surface area contributed by atoms with Gasteiger partial charge < -0.3 is 20.8 Å². The smallest absolute Gasteiger partial charge is 0.327 e. The van der Waals surface area contributed by atoms with E-state index in [2.05, 4.69) is 30.6 Å². The van der Waals surface area contributed by atoms with Crippen LogP contribution in [0, 0.1) is 12.0 Å². The predicted molar refractivity (Wildman–Crippen MR) is 139 cm³/mol. The van der Waals surface area contributed by atoms with Crippen LogP contribution in [0.2, 0.25) is 0 Å². The van der Waals surface area contributed by atoms with Crippen LogP contribution in [-0.4, -0.2) is 83.3 Å². The molecule has 0 aromatic carbocycles. The van der Waals surface area contributed by atoms with Crippen molar-refractivity contribution in [2.75, 3.05) is 11.5 Å². The number of carbonyl (C=O) groups is 5. The molecule has 17 heteroatoms. The number of carbonyl (C=O) groups excluding carboxylic acids is 3. The van der Waals surface area contributed by atoms with Crippen LogP contribution in [0.25, 0.3) is 0 Å². The predicted octanol–water partition coefficient (Wildman–Crippen LogP) is 1.32. The molecule has 2 rings (SSSR count). The normalized spacial score (nSPS) is 13.9. The van der Waals surface area contributed by atoms with Gasteiger partial charge in [0.25, 0.3) is 0 Å². The highest BCUT2D eigenvalue weighted by atomic mass is 32.2. The molecule has 2 heterocycles. The molecule has 2 amide bonds. The Bertz CT molecular complexity index is 1150. The number of nitrogens with zero attached hydrogens (tertiary/aromatic N) is 4. The molecule has 0 aliphatic rings. The summed E-state index contributed by atoms with van der Waals surface area (Å²) in [6.45, 7) is 2.29. The summed E-state index contributed by atoms with van der Waals surface area (Å²) >= 11 is 1.87. The maximum absolute atomic E-state index is 13.8. The van der Waals surface area contributed by atoms with E-state index in [1.807, 2.05) is 0 Å². The molecule has 2 aromatic rings. The van der Waals surface area contributed by atoms with Crippen molar-refractivity contribution in [3.8, 4) is 0 Å². The molecule has 0 saturated carbocycles. The number of carboxylic acid groups (broad SMARTS) is 2. The van der Waals surface area contributed by atoms with Crippen LogP contribution in [0.1, 0.15) is 48.7 Å². The Balaban J connectivity index is 2.26. The summed E-state index contributed by atoms with van der Waals surface area (Å²) in [6, 6.07) is -0.246. The van der Waals surface area contributed by atoms with Crippen molar-refractivity contribution in [1.29, 1.82) is 0 Å². The lowest BCUT2D eigenvalue weighted by molar-refractivity contribution is -0.141. The quantitative estimate of drug-likeness (QED) is 0.159. The van der Waals surface area contributed by atoms with E-state index in [0.29, 0.717) is 0 Å².